The molecule has 1 aliphatic carbocycles. The van der Waals surface area contributed by atoms with Crippen LogP contribution in [0.4, 0.5) is 0 Å². The third-order valence-corrected chi connectivity index (χ3v) is 4.47. The average molecular weight is 260 g/mol. The highest BCUT2D eigenvalue weighted by atomic mass is 16.4. The minimum absolute atomic E-state index is 0.195. The Morgan fingerprint density at radius 3 is 2.21 bits per heavy atom. The Morgan fingerprint density at radius 2 is 1.74 bits per heavy atom. The Kier molecular flexibility index (Phi) is 4.28. The second kappa shape index (κ2) is 5.77. The van der Waals surface area contributed by atoms with Gasteiger partial charge in [-0.05, 0) is 62.1 Å². The molecule has 1 saturated carbocycles. The molecular weight excluding hydrogens is 236 g/mol. The second-order valence-corrected chi connectivity index (χ2v) is 6.06. The van der Waals surface area contributed by atoms with Gasteiger partial charge in [-0.25, -0.2) is 0 Å². The van der Waals surface area contributed by atoms with E-state index in [1.807, 2.05) is 0 Å². The lowest BCUT2D eigenvalue weighted by molar-refractivity contribution is -0.137. The van der Waals surface area contributed by atoms with E-state index < -0.39 is 5.97 Å². The fourth-order valence-electron chi connectivity index (χ4n) is 3.83. The summed E-state index contributed by atoms with van der Waals surface area (Å²) < 4.78 is 0. The van der Waals surface area contributed by atoms with Crippen molar-refractivity contribution in [2.24, 2.45) is 5.92 Å². The maximum absolute atomic E-state index is 11.2. The molecule has 2 rings (SSSR count). The Bertz CT molecular complexity index is 447. The van der Waals surface area contributed by atoms with Gasteiger partial charge >= 0.3 is 5.97 Å². The van der Waals surface area contributed by atoms with Crippen molar-refractivity contribution in [2.45, 2.75) is 58.8 Å². The number of carboxylic acids is 1. The summed E-state index contributed by atoms with van der Waals surface area (Å²) in [5.41, 5.74) is 5.07. The smallest absolute Gasteiger partial charge is 0.303 e. The van der Waals surface area contributed by atoms with Crippen molar-refractivity contribution in [2.75, 3.05) is 0 Å². The first-order chi connectivity index (χ1) is 8.99. The molecule has 2 nitrogen and oxygen atoms in total. The second-order valence-electron chi connectivity index (χ2n) is 6.06. The average Bonchev–Trinajstić information content (AvgIpc) is 2.78. The zero-order chi connectivity index (χ0) is 14.0. The summed E-state index contributed by atoms with van der Waals surface area (Å²) in [5.74, 6) is 0.0769. The largest absolute Gasteiger partial charge is 0.481 e. The maximum Gasteiger partial charge on any atom is 0.303 e. The van der Waals surface area contributed by atoms with Gasteiger partial charge in [-0.2, -0.15) is 0 Å². The zero-order valence-electron chi connectivity index (χ0n) is 12.2. The predicted molar refractivity (Wildman–Crippen MR) is 77.6 cm³/mol. The van der Waals surface area contributed by atoms with Gasteiger partial charge in [-0.1, -0.05) is 30.5 Å². The van der Waals surface area contributed by atoms with Crippen LogP contribution in [0.1, 0.15) is 60.3 Å². The highest BCUT2D eigenvalue weighted by molar-refractivity contribution is 5.68. The van der Waals surface area contributed by atoms with Crippen LogP contribution in [-0.2, 0) is 4.79 Å². The summed E-state index contributed by atoms with van der Waals surface area (Å²) >= 11 is 0. The molecule has 0 bridgehead atoms. The van der Waals surface area contributed by atoms with Gasteiger partial charge in [0, 0.05) is 0 Å². The lowest BCUT2D eigenvalue weighted by atomic mass is 9.78. The van der Waals surface area contributed by atoms with E-state index in [1.165, 1.54) is 47.9 Å². The molecule has 1 aromatic carbocycles. The zero-order valence-corrected chi connectivity index (χ0v) is 12.2. The van der Waals surface area contributed by atoms with Crippen molar-refractivity contribution in [3.63, 3.8) is 0 Å². The number of carbonyl (C=O) groups is 1. The Labute approximate surface area is 115 Å². The molecule has 104 valence electrons. The molecule has 2 heteroatoms. The van der Waals surface area contributed by atoms with Gasteiger partial charge in [0.05, 0.1) is 6.42 Å². The van der Waals surface area contributed by atoms with E-state index in [2.05, 4.69) is 32.9 Å². The molecule has 1 aromatic rings. The van der Waals surface area contributed by atoms with Crippen LogP contribution in [0.5, 0.6) is 0 Å². The first kappa shape index (κ1) is 14.1. The molecule has 19 heavy (non-hydrogen) atoms. The summed E-state index contributed by atoms with van der Waals surface area (Å²) in [5, 5.41) is 9.24. The number of benzene rings is 1. The van der Waals surface area contributed by atoms with E-state index in [-0.39, 0.29) is 12.3 Å². The first-order valence-corrected chi connectivity index (χ1v) is 7.28. The molecule has 1 N–H and O–H groups in total. The van der Waals surface area contributed by atoms with E-state index in [1.54, 1.807) is 0 Å². The van der Waals surface area contributed by atoms with Crippen molar-refractivity contribution >= 4 is 5.97 Å². The van der Waals surface area contributed by atoms with E-state index >= 15 is 0 Å². The summed E-state index contributed by atoms with van der Waals surface area (Å²) in [6.07, 6.45) is 5.15. The third kappa shape index (κ3) is 3.17. The molecule has 0 saturated heterocycles. The normalized spacial score (nSPS) is 17.6. The maximum atomic E-state index is 11.2. The first-order valence-electron chi connectivity index (χ1n) is 7.28. The third-order valence-electron chi connectivity index (χ3n) is 4.47. The fourth-order valence-corrected chi connectivity index (χ4v) is 3.83. The van der Waals surface area contributed by atoms with Crippen molar-refractivity contribution in [1.82, 2.24) is 0 Å². The highest BCUT2D eigenvalue weighted by Gasteiger charge is 2.30. The summed E-state index contributed by atoms with van der Waals surface area (Å²) in [6, 6.07) is 4.37. The Hall–Kier alpha value is -1.31. The van der Waals surface area contributed by atoms with Crippen LogP contribution < -0.4 is 0 Å². The van der Waals surface area contributed by atoms with Crippen molar-refractivity contribution in [1.29, 1.82) is 0 Å². The van der Waals surface area contributed by atoms with Crippen LogP contribution in [0.3, 0.4) is 0 Å². The number of hydrogen-bond donors (Lipinski definition) is 1. The van der Waals surface area contributed by atoms with Crippen LogP contribution in [0.25, 0.3) is 0 Å². The van der Waals surface area contributed by atoms with Gasteiger partial charge in [0.25, 0.3) is 0 Å². The van der Waals surface area contributed by atoms with Crippen LogP contribution in [0.15, 0.2) is 12.1 Å². The molecule has 1 atom stereocenters. The summed E-state index contributed by atoms with van der Waals surface area (Å²) in [6.45, 7) is 6.35. The van der Waals surface area contributed by atoms with Gasteiger partial charge < -0.3 is 5.11 Å². The SMILES string of the molecule is Cc1cc(C)c(C(CC(=O)O)C2CCCC2)c(C)c1. The monoisotopic (exact) mass is 260 g/mol. The Balaban J connectivity index is 2.39. The van der Waals surface area contributed by atoms with Gasteiger partial charge in [0.1, 0.15) is 0 Å². The van der Waals surface area contributed by atoms with Crippen molar-refractivity contribution < 1.29 is 9.90 Å². The molecule has 0 amide bonds. The van der Waals surface area contributed by atoms with Crippen molar-refractivity contribution in [3.8, 4) is 0 Å². The summed E-state index contributed by atoms with van der Waals surface area (Å²) in [4.78, 5) is 11.2. The van der Waals surface area contributed by atoms with Gasteiger partial charge in [0.2, 0.25) is 0 Å². The van der Waals surface area contributed by atoms with Gasteiger partial charge in [-0.3, -0.25) is 4.79 Å². The molecule has 0 aromatic heterocycles. The molecule has 1 unspecified atom stereocenters. The standard InChI is InChI=1S/C17H24O2/c1-11-8-12(2)17(13(3)9-11)15(10-16(18)19)14-6-4-5-7-14/h8-9,14-15H,4-7,10H2,1-3H3,(H,18,19). The number of carboxylic acid groups (broad SMARTS) is 1. The number of hydrogen-bond acceptors (Lipinski definition) is 1. The number of rotatable bonds is 4. The number of aryl methyl sites for hydroxylation is 3. The molecule has 0 heterocycles. The molecule has 1 aliphatic rings. The molecule has 0 aliphatic heterocycles. The lowest BCUT2D eigenvalue weighted by Gasteiger charge is -2.26. The molecule has 1 fully saturated rings. The van der Waals surface area contributed by atoms with E-state index in [0.717, 1.165) is 0 Å². The minimum Gasteiger partial charge on any atom is -0.481 e. The fraction of sp³-hybridized carbons (Fsp3) is 0.588. The predicted octanol–water partition coefficient (Wildman–Crippen LogP) is 4.36. The molecule has 0 spiro atoms. The van der Waals surface area contributed by atoms with Crippen LogP contribution in [0, 0.1) is 26.7 Å². The molecular formula is C17H24O2. The van der Waals surface area contributed by atoms with E-state index in [9.17, 15) is 9.90 Å². The minimum atomic E-state index is -0.670. The quantitative estimate of drug-likeness (QED) is 0.873. The topological polar surface area (TPSA) is 37.3 Å². The molecule has 0 radical (unpaired) electrons. The van der Waals surface area contributed by atoms with Gasteiger partial charge in [0.15, 0.2) is 0 Å². The van der Waals surface area contributed by atoms with Crippen molar-refractivity contribution in [3.05, 3.63) is 34.4 Å². The van der Waals surface area contributed by atoms with Crippen LogP contribution in [0.2, 0.25) is 0 Å². The summed E-state index contributed by atoms with van der Waals surface area (Å²) in [7, 11) is 0. The lowest BCUT2D eigenvalue weighted by Crippen LogP contribution is -2.17. The van der Waals surface area contributed by atoms with Crippen LogP contribution >= 0.6 is 0 Å². The highest BCUT2D eigenvalue weighted by Crippen LogP contribution is 2.41. The van der Waals surface area contributed by atoms with E-state index in [0.29, 0.717) is 5.92 Å². The Morgan fingerprint density at radius 1 is 1.21 bits per heavy atom. The van der Waals surface area contributed by atoms with E-state index in [4.69, 9.17) is 0 Å². The van der Waals surface area contributed by atoms with Gasteiger partial charge in [-0.15, -0.1) is 0 Å². The van der Waals surface area contributed by atoms with Crippen LogP contribution in [-0.4, -0.2) is 11.1 Å². The number of aliphatic carboxylic acids is 1.